The number of halogens is 1. The van der Waals surface area contributed by atoms with E-state index >= 15 is 0 Å². The lowest BCUT2D eigenvalue weighted by Crippen LogP contribution is -2.01. The van der Waals surface area contributed by atoms with E-state index in [2.05, 4.69) is 10.1 Å². The van der Waals surface area contributed by atoms with Crippen molar-refractivity contribution in [1.29, 1.82) is 0 Å². The number of H-pyrrole nitrogens is 1. The molecule has 1 heterocycles. The monoisotopic (exact) mass is 314 g/mol. The number of hydrogen-bond donors (Lipinski definition) is 2. The number of benzene rings is 2. The van der Waals surface area contributed by atoms with Crippen LogP contribution in [0.2, 0.25) is 5.02 Å². The number of hydrogen-bond acceptors (Lipinski definition) is 4. The molecule has 0 aliphatic heterocycles. The Bertz CT molecular complexity index is 882. The zero-order chi connectivity index (χ0) is 15.5. The lowest BCUT2D eigenvalue weighted by Gasteiger charge is -1.99. The summed E-state index contributed by atoms with van der Waals surface area (Å²) in [6, 6.07) is 13.8. The van der Waals surface area contributed by atoms with Crippen molar-refractivity contribution in [3.05, 3.63) is 69.5 Å². The van der Waals surface area contributed by atoms with E-state index in [9.17, 15) is 9.90 Å². The second kappa shape index (κ2) is 5.91. The van der Waals surface area contributed by atoms with Crippen LogP contribution < -0.4 is 5.63 Å². The smallest absolute Gasteiger partial charge is 0.366 e. The molecule has 5 nitrogen and oxygen atoms in total. The third-order valence-electron chi connectivity index (χ3n) is 3.07. The highest BCUT2D eigenvalue weighted by atomic mass is 35.5. The molecular weight excluding hydrogens is 304 g/mol. The highest BCUT2D eigenvalue weighted by Crippen LogP contribution is 2.29. The summed E-state index contributed by atoms with van der Waals surface area (Å²) in [5.74, 6) is -0.0261. The quantitative estimate of drug-likeness (QED) is 0.723. The number of nitrogens with one attached hydrogen (secondary N) is 1. The van der Waals surface area contributed by atoms with Gasteiger partial charge in [-0.3, -0.25) is 4.99 Å². The predicted octanol–water partition coefficient (Wildman–Crippen LogP) is 3.74. The maximum absolute atomic E-state index is 11.8. The topological polar surface area (TPSA) is 78.6 Å². The summed E-state index contributed by atoms with van der Waals surface area (Å²) in [4.78, 5) is 15.9. The third kappa shape index (κ3) is 2.80. The van der Waals surface area contributed by atoms with Gasteiger partial charge in [0.05, 0.1) is 5.69 Å². The summed E-state index contributed by atoms with van der Waals surface area (Å²) >= 11 is 5.86. The number of aromatic amines is 1. The predicted molar refractivity (Wildman–Crippen MR) is 85.1 cm³/mol. The normalized spacial score (nSPS) is 11.1. The molecule has 1 aromatic heterocycles. The Hall–Kier alpha value is -2.79. The van der Waals surface area contributed by atoms with E-state index in [-0.39, 0.29) is 17.0 Å². The zero-order valence-corrected chi connectivity index (χ0v) is 12.0. The Morgan fingerprint density at radius 1 is 1.18 bits per heavy atom. The van der Waals surface area contributed by atoms with Crippen molar-refractivity contribution in [1.82, 2.24) is 5.16 Å². The van der Waals surface area contributed by atoms with Gasteiger partial charge >= 0.3 is 5.63 Å². The van der Waals surface area contributed by atoms with Crippen LogP contribution in [0.3, 0.4) is 0 Å². The fourth-order valence-corrected chi connectivity index (χ4v) is 2.15. The first kappa shape index (κ1) is 14.2. The SMILES string of the molecule is O=c1o[nH]c(-c2ccccc2)c1C=Nc1cc(Cl)ccc1O. The van der Waals surface area contributed by atoms with Gasteiger partial charge in [0, 0.05) is 16.8 Å². The highest BCUT2D eigenvalue weighted by molar-refractivity contribution is 6.30. The van der Waals surface area contributed by atoms with E-state index in [1.54, 1.807) is 6.07 Å². The van der Waals surface area contributed by atoms with Crippen LogP contribution in [0.1, 0.15) is 5.56 Å². The number of aliphatic imine (C=N–C) groups is 1. The lowest BCUT2D eigenvalue weighted by atomic mass is 10.1. The van der Waals surface area contributed by atoms with Crippen LogP contribution in [-0.4, -0.2) is 16.5 Å². The van der Waals surface area contributed by atoms with Crippen molar-refractivity contribution in [2.75, 3.05) is 0 Å². The number of rotatable bonds is 3. The van der Waals surface area contributed by atoms with Gasteiger partial charge in [0.2, 0.25) is 0 Å². The molecule has 0 amide bonds. The number of aromatic hydroxyl groups is 1. The molecule has 2 N–H and O–H groups in total. The van der Waals surface area contributed by atoms with Gasteiger partial charge in [-0.2, -0.15) is 0 Å². The summed E-state index contributed by atoms with van der Waals surface area (Å²) in [5.41, 5.74) is 1.32. The van der Waals surface area contributed by atoms with Crippen LogP contribution in [0.25, 0.3) is 11.3 Å². The third-order valence-corrected chi connectivity index (χ3v) is 3.30. The minimum atomic E-state index is -0.538. The number of nitrogens with zero attached hydrogens (tertiary/aromatic N) is 1. The lowest BCUT2D eigenvalue weighted by molar-refractivity contribution is 0.393. The van der Waals surface area contributed by atoms with Crippen LogP contribution in [0.5, 0.6) is 5.75 Å². The van der Waals surface area contributed by atoms with Gasteiger partial charge in [0.15, 0.2) is 0 Å². The van der Waals surface area contributed by atoms with E-state index in [0.717, 1.165) is 5.56 Å². The maximum atomic E-state index is 11.8. The first-order chi connectivity index (χ1) is 10.6. The van der Waals surface area contributed by atoms with Gasteiger partial charge in [-0.15, -0.1) is 0 Å². The molecule has 0 bridgehead atoms. The first-order valence-corrected chi connectivity index (χ1v) is 6.82. The molecule has 0 radical (unpaired) electrons. The van der Waals surface area contributed by atoms with Gasteiger partial charge < -0.3 is 9.63 Å². The van der Waals surface area contributed by atoms with Crippen molar-refractivity contribution in [2.45, 2.75) is 0 Å². The molecule has 22 heavy (non-hydrogen) atoms. The maximum Gasteiger partial charge on any atom is 0.366 e. The van der Waals surface area contributed by atoms with E-state index in [4.69, 9.17) is 16.1 Å². The van der Waals surface area contributed by atoms with Crippen molar-refractivity contribution in [3.8, 4) is 17.0 Å². The largest absolute Gasteiger partial charge is 0.506 e. The van der Waals surface area contributed by atoms with Gasteiger partial charge in [-0.1, -0.05) is 41.9 Å². The molecule has 3 rings (SSSR count). The Morgan fingerprint density at radius 2 is 1.95 bits per heavy atom. The summed E-state index contributed by atoms with van der Waals surface area (Å²) in [6.45, 7) is 0. The number of aromatic nitrogens is 1. The molecule has 0 unspecified atom stereocenters. The van der Waals surface area contributed by atoms with Crippen LogP contribution in [0.4, 0.5) is 5.69 Å². The highest BCUT2D eigenvalue weighted by Gasteiger charge is 2.12. The molecule has 2 aromatic carbocycles. The summed E-state index contributed by atoms with van der Waals surface area (Å²) in [5, 5.41) is 12.8. The molecule has 0 spiro atoms. The van der Waals surface area contributed by atoms with Crippen LogP contribution in [0.15, 0.2) is 62.8 Å². The van der Waals surface area contributed by atoms with Crippen molar-refractivity contribution < 1.29 is 9.63 Å². The van der Waals surface area contributed by atoms with Crippen molar-refractivity contribution in [2.24, 2.45) is 4.99 Å². The minimum Gasteiger partial charge on any atom is -0.506 e. The van der Waals surface area contributed by atoms with Gasteiger partial charge in [0.25, 0.3) is 0 Å². The molecule has 0 fully saturated rings. The van der Waals surface area contributed by atoms with Crippen molar-refractivity contribution >= 4 is 23.5 Å². The van der Waals surface area contributed by atoms with E-state index < -0.39 is 5.63 Å². The molecular formula is C16H11ClN2O3. The summed E-state index contributed by atoms with van der Waals surface area (Å²) in [6.07, 6.45) is 1.34. The second-order valence-electron chi connectivity index (χ2n) is 4.54. The van der Waals surface area contributed by atoms with Gasteiger partial charge in [-0.05, 0) is 18.2 Å². The summed E-state index contributed by atoms with van der Waals surface area (Å²) in [7, 11) is 0. The first-order valence-electron chi connectivity index (χ1n) is 6.44. The van der Waals surface area contributed by atoms with Crippen LogP contribution in [-0.2, 0) is 0 Å². The molecule has 0 aliphatic carbocycles. The van der Waals surface area contributed by atoms with Crippen LogP contribution >= 0.6 is 11.6 Å². The number of phenolic OH excluding ortho intramolecular Hbond substituents is 1. The second-order valence-corrected chi connectivity index (χ2v) is 4.97. The fourth-order valence-electron chi connectivity index (χ4n) is 1.98. The van der Waals surface area contributed by atoms with E-state index in [1.807, 2.05) is 30.3 Å². The molecule has 0 saturated heterocycles. The molecule has 3 aromatic rings. The minimum absolute atomic E-state index is 0.0261. The van der Waals surface area contributed by atoms with E-state index in [0.29, 0.717) is 10.7 Å². The molecule has 0 atom stereocenters. The Kier molecular flexibility index (Phi) is 3.80. The van der Waals surface area contributed by atoms with Crippen molar-refractivity contribution in [3.63, 3.8) is 0 Å². The molecule has 110 valence electrons. The average Bonchev–Trinajstić information content (AvgIpc) is 2.90. The van der Waals surface area contributed by atoms with Gasteiger partial charge in [-0.25, -0.2) is 9.95 Å². The Morgan fingerprint density at radius 3 is 2.73 bits per heavy atom. The number of phenols is 1. The Labute approximate surface area is 130 Å². The average molecular weight is 315 g/mol. The summed E-state index contributed by atoms with van der Waals surface area (Å²) < 4.78 is 4.83. The fraction of sp³-hybridized carbons (Fsp3) is 0. The van der Waals surface area contributed by atoms with Gasteiger partial charge in [0.1, 0.15) is 17.0 Å². The standard InChI is InChI=1S/C16H11ClN2O3/c17-11-6-7-14(20)13(8-11)18-9-12-15(19-22-16(12)21)10-4-2-1-3-5-10/h1-9,19-20H. The zero-order valence-electron chi connectivity index (χ0n) is 11.3. The molecule has 0 saturated carbocycles. The van der Waals surface area contributed by atoms with Crippen LogP contribution in [0, 0.1) is 0 Å². The van der Waals surface area contributed by atoms with E-state index in [1.165, 1.54) is 18.3 Å². The molecule has 0 aliphatic rings. The Balaban J connectivity index is 2.03. The molecule has 6 heteroatoms.